The average molecular weight is 395 g/mol. The van der Waals surface area contributed by atoms with E-state index < -0.39 is 10.0 Å². The molecule has 1 N–H and O–H groups in total. The van der Waals surface area contributed by atoms with Crippen molar-refractivity contribution in [2.24, 2.45) is 0 Å². The maximum atomic E-state index is 12.3. The number of nitrogens with zero attached hydrogens (tertiary/aromatic N) is 1. The van der Waals surface area contributed by atoms with Gasteiger partial charge in [0.05, 0.1) is 18.0 Å². The predicted octanol–water partition coefficient (Wildman–Crippen LogP) is 2.29. The predicted molar refractivity (Wildman–Crippen MR) is 104 cm³/mol. The lowest BCUT2D eigenvalue weighted by atomic mass is 9.82. The number of sulfonamides is 1. The number of para-hydroxylation sites is 1. The minimum absolute atomic E-state index is 0.0186. The summed E-state index contributed by atoms with van der Waals surface area (Å²) >= 11 is 0. The molecular weight excluding hydrogens is 364 g/mol. The van der Waals surface area contributed by atoms with Crippen LogP contribution in [0.5, 0.6) is 5.75 Å². The maximum absolute atomic E-state index is 12.3. The number of methoxy groups -OCH3 is 1. The van der Waals surface area contributed by atoms with Gasteiger partial charge in [-0.05, 0) is 44.6 Å². The van der Waals surface area contributed by atoms with Crippen molar-refractivity contribution in [3.8, 4) is 5.75 Å². The van der Waals surface area contributed by atoms with Crippen LogP contribution in [0, 0.1) is 0 Å². The maximum Gasteiger partial charge on any atom is 0.214 e. The Kier molecular flexibility index (Phi) is 5.47. The van der Waals surface area contributed by atoms with Crippen molar-refractivity contribution in [3.63, 3.8) is 0 Å². The van der Waals surface area contributed by atoms with Crippen LogP contribution in [-0.2, 0) is 21.3 Å². The fourth-order valence-corrected chi connectivity index (χ4v) is 5.99. The summed E-state index contributed by atoms with van der Waals surface area (Å²) in [6.07, 6.45) is 5.08. The largest absolute Gasteiger partial charge is 0.496 e. The van der Waals surface area contributed by atoms with Gasteiger partial charge in [0.15, 0.2) is 0 Å². The second-order valence-electron chi connectivity index (χ2n) is 8.17. The van der Waals surface area contributed by atoms with Crippen LogP contribution in [0.2, 0.25) is 0 Å². The number of nitrogens with one attached hydrogen (secondary N) is 1. The number of piperidine rings is 1. The molecule has 0 bridgehead atoms. The van der Waals surface area contributed by atoms with Crippen LogP contribution in [0.4, 0.5) is 0 Å². The number of hydrogen-bond acceptors (Lipinski definition) is 5. The van der Waals surface area contributed by atoms with E-state index in [1.165, 1.54) is 5.56 Å². The zero-order chi connectivity index (χ0) is 18.9. The number of likely N-dealkylation sites (tertiary alicyclic amines) is 1. The van der Waals surface area contributed by atoms with Gasteiger partial charge in [-0.1, -0.05) is 18.2 Å². The van der Waals surface area contributed by atoms with Crippen molar-refractivity contribution in [1.29, 1.82) is 0 Å². The highest BCUT2D eigenvalue weighted by molar-refractivity contribution is 7.90. The van der Waals surface area contributed by atoms with Crippen LogP contribution in [-0.4, -0.2) is 57.0 Å². The molecule has 1 unspecified atom stereocenters. The van der Waals surface area contributed by atoms with Gasteiger partial charge in [0.1, 0.15) is 5.75 Å². The van der Waals surface area contributed by atoms with Crippen LogP contribution in [0.25, 0.3) is 0 Å². The smallest absolute Gasteiger partial charge is 0.214 e. The molecule has 2 saturated heterocycles. The van der Waals surface area contributed by atoms with Crippen LogP contribution in [0.15, 0.2) is 24.3 Å². The highest BCUT2D eigenvalue weighted by atomic mass is 32.2. The number of benzene rings is 1. The molecule has 1 aromatic rings. The zero-order valence-corrected chi connectivity index (χ0v) is 16.8. The zero-order valence-electron chi connectivity index (χ0n) is 16.0. The standard InChI is InChI=1S/C20H30N2O4S/c1-25-19-5-3-2-4-16(19)15-22-11-9-20(10-12-22)14-17(8-13-26-20)21-27(23,24)18-6-7-18/h2-5,17-18,21H,6-15H2,1H3. The second-order valence-corrected chi connectivity index (χ2v) is 10.2. The first-order valence-electron chi connectivity index (χ1n) is 9.99. The van der Waals surface area contributed by atoms with E-state index in [4.69, 9.17) is 9.47 Å². The van der Waals surface area contributed by atoms with E-state index in [2.05, 4.69) is 15.7 Å². The van der Waals surface area contributed by atoms with Gasteiger partial charge in [-0.15, -0.1) is 0 Å². The van der Waals surface area contributed by atoms with E-state index in [0.717, 1.165) is 63.9 Å². The minimum atomic E-state index is -3.13. The van der Waals surface area contributed by atoms with Gasteiger partial charge in [0.25, 0.3) is 0 Å². The van der Waals surface area contributed by atoms with Crippen molar-refractivity contribution in [1.82, 2.24) is 9.62 Å². The summed E-state index contributed by atoms with van der Waals surface area (Å²) in [5, 5.41) is -0.154. The first-order chi connectivity index (χ1) is 13.0. The molecular formula is C20H30N2O4S. The van der Waals surface area contributed by atoms with Crippen LogP contribution in [0.1, 0.15) is 44.1 Å². The highest BCUT2D eigenvalue weighted by Crippen LogP contribution is 2.37. The van der Waals surface area contributed by atoms with Gasteiger partial charge < -0.3 is 9.47 Å². The number of rotatable bonds is 6. The molecule has 27 heavy (non-hydrogen) atoms. The molecule has 4 rings (SSSR count). The molecule has 1 saturated carbocycles. The third kappa shape index (κ3) is 4.47. The quantitative estimate of drug-likeness (QED) is 0.802. The Morgan fingerprint density at radius 3 is 2.67 bits per heavy atom. The Labute approximate surface area is 162 Å². The van der Waals surface area contributed by atoms with Gasteiger partial charge in [-0.3, -0.25) is 4.90 Å². The van der Waals surface area contributed by atoms with Crippen molar-refractivity contribution >= 4 is 10.0 Å². The second kappa shape index (κ2) is 7.70. The molecule has 7 heteroatoms. The third-order valence-electron chi connectivity index (χ3n) is 6.14. The van der Waals surface area contributed by atoms with Gasteiger partial charge >= 0.3 is 0 Å². The normalized spacial score (nSPS) is 26.2. The van der Waals surface area contributed by atoms with E-state index in [1.807, 2.05) is 18.2 Å². The van der Waals surface area contributed by atoms with Gasteiger partial charge in [0, 0.05) is 37.8 Å². The Hall–Kier alpha value is -1.15. The third-order valence-corrected chi connectivity index (χ3v) is 8.15. The average Bonchev–Trinajstić information content (AvgIpc) is 3.50. The van der Waals surface area contributed by atoms with Crippen molar-refractivity contribution in [2.75, 3.05) is 26.8 Å². The number of hydrogen-bond donors (Lipinski definition) is 1. The molecule has 0 radical (unpaired) electrons. The van der Waals surface area contributed by atoms with Crippen LogP contribution in [0.3, 0.4) is 0 Å². The molecule has 0 amide bonds. The Morgan fingerprint density at radius 1 is 1.22 bits per heavy atom. The molecule has 1 spiro atoms. The van der Waals surface area contributed by atoms with E-state index in [0.29, 0.717) is 6.61 Å². The lowest BCUT2D eigenvalue weighted by molar-refractivity contribution is -0.118. The van der Waals surface area contributed by atoms with Crippen LogP contribution >= 0.6 is 0 Å². The Bertz CT molecular complexity index is 755. The summed E-state index contributed by atoms with van der Waals surface area (Å²) in [6, 6.07) is 8.17. The van der Waals surface area contributed by atoms with Crippen molar-refractivity contribution in [2.45, 2.75) is 62.0 Å². The molecule has 1 atom stereocenters. The highest BCUT2D eigenvalue weighted by Gasteiger charge is 2.43. The lowest BCUT2D eigenvalue weighted by Crippen LogP contribution is -2.53. The minimum Gasteiger partial charge on any atom is -0.496 e. The summed E-state index contributed by atoms with van der Waals surface area (Å²) in [6.45, 7) is 3.43. The summed E-state index contributed by atoms with van der Waals surface area (Å²) in [5.74, 6) is 0.932. The van der Waals surface area contributed by atoms with Crippen LogP contribution < -0.4 is 9.46 Å². The molecule has 3 fully saturated rings. The molecule has 6 nitrogen and oxygen atoms in total. The lowest BCUT2D eigenvalue weighted by Gasteiger charge is -2.46. The molecule has 0 aromatic heterocycles. The topological polar surface area (TPSA) is 67.9 Å². The fourth-order valence-electron chi connectivity index (χ4n) is 4.38. The summed E-state index contributed by atoms with van der Waals surface area (Å²) in [5.41, 5.74) is 1.03. The van der Waals surface area contributed by atoms with E-state index in [9.17, 15) is 8.42 Å². The Balaban J connectivity index is 1.33. The summed E-state index contributed by atoms with van der Waals surface area (Å²) < 4.78 is 39.2. The molecule has 2 heterocycles. The SMILES string of the molecule is COc1ccccc1CN1CCC2(CC1)CC(NS(=O)(=O)C1CC1)CCO2. The van der Waals surface area contributed by atoms with E-state index >= 15 is 0 Å². The molecule has 3 aliphatic rings. The number of ether oxygens (including phenoxy) is 2. The molecule has 1 aliphatic carbocycles. The van der Waals surface area contributed by atoms with Crippen molar-refractivity contribution in [3.05, 3.63) is 29.8 Å². The molecule has 150 valence electrons. The van der Waals surface area contributed by atoms with Gasteiger partial charge in [0.2, 0.25) is 10.0 Å². The summed E-state index contributed by atoms with van der Waals surface area (Å²) in [4.78, 5) is 2.43. The van der Waals surface area contributed by atoms with Crippen molar-refractivity contribution < 1.29 is 17.9 Å². The summed E-state index contributed by atoms with van der Waals surface area (Å²) in [7, 11) is -1.42. The van der Waals surface area contributed by atoms with E-state index in [-0.39, 0.29) is 16.9 Å². The molecule has 2 aliphatic heterocycles. The van der Waals surface area contributed by atoms with Gasteiger partial charge in [-0.2, -0.15) is 0 Å². The monoisotopic (exact) mass is 394 g/mol. The fraction of sp³-hybridized carbons (Fsp3) is 0.700. The van der Waals surface area contributed by atoms with E-state index in [1.54, 1.807) is 7.11 Å². The molecule has 1 aromatic carbocycles. The Morgan fingerprint density at radius 2 is 1.96 bits per heavy atom. The first-order valence-corrected chi connectivity index (χ1v) is 11.5. The van der Waals surface area contributed by atoms with Gasteiger partial charge in [-0.25, -0.2) is 13.1 Å². The first kappa shape index (κ1) is 19.2.